The molecule has 1 aliphatic rings. The molecule has 0 unspecified atom stereocenters. The van der Waals surface area contributed by atoms with Gasteiger partial charge in [-0.25, -0.2) is 0 Å². The second-order valence-corrected chi connectivity index (χ2v) is 7.54. The van der Waals surface area contributed by atoms with Gasteiger partial charge in [-0.15, -0.1) is 0 Å². The summed E-state index contributed by atoms with van der Waals surface area (Å²) < 4.78 is 10.7. The summed E-state index contributed by atoms with van der Waals surface area (Å²) in [6.07, 6.45) is 3.44. The minimum absolute atomic E-state index is 0.0158. The van der Waals surface area contributed by atoms with Crippen molar-refractivity contribution in [2.75, 3.05) is 33.3 Å². The van der Waals surface area contributed by atoms with Gasteiger partial charge in [0.15, 0.2) is 0 Å². The first-order chi connectivity index (χ1) is 15.1. The van der Waals surface area contributed by atoms with E-state index in [2.05, 4.69) is 15.0 Å². The maximum absolute atomic E-state index is 12.5. The van der Waals surface area contributed by atoms with E-state index in [1.165, 1.54) is 0 Å². The van der Waals surface area contributed by atoms with Crippen LogP contribution in [0.25, 0.3) is 17.5 Å². The molecule has 1 aromatic heterocycles. The average molecular weight is 418 g/mol. The molecule has 3 aromatic rings. The van der Waals surface area contributed by atoms with Crippen molar-refractivity contribution in [1.82, 2.24) is 19.9 Å². The van der Waals surface area contributed by atoms with Crippen LogP contribution in [0.2, 0.25) is 0 Å². The lowest BCUT2D eigenvalue weighted by Gasteiger charge is -2.33. The molecule has 7 nitrogen and oxygen atoms in total. The molecule has 0 N–H and O–H groups in total. The second-order valence-electron chi connectivity index (χ2n) is 7.54. The SMILES string of the molecule is COc1cccc(/C=C/C(=O)N2CCN(Cc3nc(-c4ccccc4C)no3)CC2)c1. The van der Waals surface area contributed by atoms with Crippen LogP contribution in [0.5, 0.6) is 5.75 Å². The Labute approximate surface area is 181 Å². The number of rotatable bonds is 6. The van der Waals surface area contributed by atoms with Crippen LogP contribution in [-0.2, 0) is 11.3 Å². The molecule has 0 atom stereocenters. The summed E-state index contributed by atoms with van der Waals surface area (Å²) in [5.41, 5.74) is 3.03. The monoisotopic (exact) mass is 418 g/mol. The normalized spacial score (nSPS) is 14.8. The van der Waals surface area contributed by atoms with Gasteiger partial charge < -0.3 is 14.2 Å². The first-order valence-electron chi connectivity index (χ1n) is 10.3. The molecule has 0 spiro atoms. The Morgan fingerprint density at radius 2 is 1.94 bits per heavy atom. The van der Waals surface area contributed by atoms with Crippen molar-refractivity contribution >= 4 is 12.0 Å². The molecule has 1 amide bonds. The molecule has 2 aromatic carbocycles. The zero-order valence-electron chi connectivity index (χ0n) is 17.8. The van der Waals surface area contributed by atoms with E-state index in [1.807, 2.05) is 66.4 Å². The minimum Gasteiger partial charge on any atom is -0.497 e. The standard InChI is InChI=1S/C24H26N4O3/c1-18-6-3-4-9-21(18)24-25-22(31-26-24)17-27-12-14-28(15-13-27)23(29)11-10-19-7-5-8-20(16-19)30-2/h3-11,16H,12-15,17H2,1-2H3/b11-10+. The number of nitrogens with zero attached hydrogens (tertiary/aromatic N) is 4. The van der Waals surface area contributed by atoms with Crippen LogP contribution in [0.3, 0.4) is 0 Å². The summed E-state index contributed by atoms with van der Waals surface area (Å²) in [7, 11) is 1.63. The zero-order valence-corrected chi connectivity index (χ0v) is 17.8. The molecular weight excluding hydrogens is 392 g/mol. The van der Waals surface area contributed by atoms with Crippen molar-refractivity contribution in [2.24, 2.45) is 0 Å². The highest BCUT2D eigenvalue weighted by molar-refractivity contribution is 5.91. The topological polar surface area (TPSA) is 71.7 Å². The molecule has 31 heavy (non-hydrogen) atoms. The quantitative estimate of drug-likeness (QED) is 0.572. The van der Waals surface area contributed by atoms with Crippen molar-refractivity contribution in [3.8, 4) is 17.1 Å². The van der Waals surface area contributed by atoms with E-state index in [0.29, 0.717) is 31.3 Å². The highest BCUT2D eigenvalue weighted by atomic mass is 16.5. The molecule has 0 saturated carbocycles. The van der Waals surface area contributed by atoms with Gasteiger partial charge in [0.2, 0.25) is 17.6 Å². The Kier molecular flexibility index (Phi) is 6.43. The fraction of sp³-hybridized carbons (Fsp3) is 0.292. The summed E-state index contributed by atoms with van der Waals surface area (Å²) >= 11 is 0. The first-order valence-corrected chi connectivity index (χ1v) is 10.3. The van der Waals surface area contributed by atoms with Crippen LogP contribution in [0.1, 0.15) is 17.0 Å². The lowest BCUT2D eigenvalue weighted by molar-refractivity contribution is -0.127. The van der Waals surface area contributed by atoms with E-state index in [0.717, 1.165) is 35.5 Å². The first kappa shape index (κ1) is 20.8. The number of aryl methyl sites for hydroxylation is 1. The highest BCUT2D eigenvalue weighted by Gasteiger charge is 2.21. The Hall–Kier alpha value is -3.45. The van der Waals surface area contributed by atoms with Crippen molar-refractivity contribution in [1.29, 1.82) is 0 Å². The van der Waals surface area contributed by atoms with Gasteiger partial charge in [0.05, 0.1) is 13.7 Å². The summed E-state index contributed by atoms with van der Waals surface area (Å²) in [6.45, 7) is 5.48. The summed E-state index contributed by atoms with van der Waals surface area (Å²) in [4.78, 5) is 21.2. The molecule has 0 bridgehead atoms. The Balaban J connectivity index is 1.29. The van der Waals surface area contributed by atoms with Crippen LogP contribution in [0.15, 0.2) is 59.1 Å². The van der Waals surface area contributed by atoms with Gasteiger partial charge in [0, 0.05) is 37.8 Å². The number of hydrogen-bond donors (Lipinski definition) is 0. The van der Waals surface area contributed by atoms with Crippen molar-refractivity contribution in [2.45, 2.75) is 13.5 Å². The summed E-state index contributed by atoms with van der Waals surface area (Å²) in [6, 6.07) is 15.6. The predicted octanol–water partition coefficient (Wildman–Crippen LogP) is 3.41. The van der Waals surface area contributed by atoms with Crippen LogP contribution < -0.4 is 4.74 Å². The molecule has 4 rings (SSSR count). The van der Waals surface area contributed by atoms with Crippen LogP contribution >= 0.6 is 0 Å². The summed E-state index contributed by atoms with van der Waals surface area (Å²) in [5, 5.41) is 4.13. The molecular formula is C24H26N4O3. The van der Waals surface area contributed by atoms with Crippen LogP contribution in [-0.4, -0.2) is 59.1 Å². The number of amides is 1. The van der Waals surface area contributed by atoms with Gasteiger partial charge in [-0.05, 0) is 36.3 Å². The Morgan fingerprint density at radius 3 is 2.71 bits per heavy atom. The second kappa shape index (κ2) is 9.57. The van der Waals surface area contributed by atoms with Crippen molar-refractivity contribution in [3.63, 3.8) is 0 Å². The van der Waals surface area contributed by atoms with Gasteiger partial charge in [-0.2, -0.15) is 4.98 Å². The number of carbonyl (C=O) groups excluding carboxylic acids is 1. The number of aromatic nitrogens is 2. The van der Waals surface area contributed by atoms with Crippen molar-refractivity contribution < 1.29 is 14.1 Å². The smallest absolute Gasteiger partial charge is 0.246 e. The van der Waals surface area contributed by atoms with Gasteiger partial charge in [-0.1, -0.05) is 41.6 Å². The van der Waals surface area contributed by atoms with E-state index in [1.54, 1.807) is 13.2 Å². The number of carbonyl (C=O) groups is 1. The highest BCUT2D eigenvalue weighted by Crippen LogP contribution is 2.20. The van der Waals surface area contributed by atoms with E-state index < -0.39 is 0 Å². The van der Waals surface area contributed by atoms with E-state index >= 15 is 0 Å². The molecule has 160 valence electrons. The third kappa shape index (κ3) is 5.19. The van der Waals surface area contributed by atoms with Gasteiger partial charge in [-0.3, -0.25) is 9.69 Å². The molecule has 1 saturated heterocycles. The number of ether oxygens (including phenoxy) is 1. The third-order valence-corrected chi connectivity index (χ3v) is 5.41. The summed E-state index contributed by atoms with van der Waals surface area (Å²) in [5.74, 6) is 2.00. The Morgan fingerprint density at radius 1 is 1.13 bits per heavy atom. The zero-order chi connectivity index (χ0) is 21.6. The number of methoxy groups -OCH3 is 1. The van der Waals surface area contributed by atoms with Gasteiger partial charge in [0.25, 0.3) is 0 Å². The number of benzene rings is 2. The third-order valence-electron chi connectivity index (χ3n) is 5.41. The van der Waals surface area contributed by atoms with Crippen LogP contribution in [0, 0.1) is 6.92 Å². The molecule has 1 fully saturated rings. The fourth-order valence-corrected chi connectivity index (χ4v) is 3.59. The average Bonchev–Trinajstić information content (AvgIpc) is 3.26. The maximum atomic E-state index is 12.5. The Bertz CT molecular complexity index is 1070. The fourth-order valence-electron chi connectivity index (χ4n) is 3.59. The van der Waals surface area contributed by atoms with E-state index in [9.17, 15) is 4.79 Å². The predicted molar refractivity (Wildman–Crippen MR) is 118 cm³/mol. The van der Waals surface area contributed by atoms with E-state index in [-0.39, 0.29) is 5.91 Å². The largest absolute Gasteiger partial charge is 0.497 e. The molecule has 0 aliphatic carbocycles. The number of piperazine rings is 1. The van der Waals surface area contributed by atoms with E-state index in [4.69, 9.17) is 9.26 Å². The number of hydrogen-bond acceptors (Lipinski definition) is 6. The van der Waals surface area contributed by atoms with Gasteiger partial charge in [0.1, 0.15) is 5.75 Å². The maximum Gasteiger partial charge on any atom is 0.246 e. The lowest BCUT2D eigenvalue weighted by atomic mass is 10.1. The molecule has 2 heterocycles. The lowest BCUT2D eigenvalue weighted by Crippen LogP contribution is -2.47. The molecule has 0 radical (unpaired) electrons. The molecule has 1 aliphatic heterocycles. The minimum atomic E-state index is 0.0158. The van der Waals surface area contributed by atoms with Crippen molar-refractivity contribution in [3.05, 3.63) is 71.6 Å². The van der Waals surface area contributed by atoms with Gasteiger partial charge >= 0.3 is 0 Å². The van der Waals surface area contributed by atoms with Crippen LogP contribution in [0.4, 0.5) is 0 Å². The molecule has 7 heteroatoms.